The number of hydrogen-bond donors (Lipinski definition) is 1. The summed E-state index contributed by atoms with van der Waals surface area (Å²) in [5, 5.41) is 4.12. The van der Waals surface area contributed by atoms with Crippen molar-refractivity contribution in [2.75, 3.05) is 32.8 Å². The summed E-state index contributed by atoms with van der Waals surface area (Å²) in [4.78, 5) is 2.42. The van der Waals surface area contributed by atoms with Crippen LogP contribution in [0.5, 0.6) is 5.75 Å². The second-order valence-electron chi connectivity index (χ2n) is 6.21. The molecule has 1 aliphatic rings. The van der Waals surface area contributed by atoms with Crippen LogP contribution in [-0.2, 0) is 0 Å². The summed E-state index contributed by atoms with van der Waals surface area (Å²) in [5.41, 5.74) is 2.08. The largest absolute Gasteiger partial charge is 0.494 e. The molecule has 5 heteroatoms. The minimum atomic E-state index is -0.226. The van der Waals surface area contributed by atoms with E-state index in [0.29, 0.717) is 11.6 Å². The summed E-state index contributed by atoms with van der Waals surface area (Å²) in [6.07, 6.45) is 1.07. The van der Waals surface area contributed by atoms with E-state index in [4.69, 9.17) is 16.3 Å². The maximum Gasteiger partial charge on any atom is 0.124 e. The van der Waals surface area contributed by atoms with Crippen LogP contribution >= 0.6 is 11.6 Å². The summed E-state index contributed by atoms with van der Waals surface area (Å²) in [6.45, 7) is 6.39. The van der Waals surface area contributed by atoms with Gasteiger partial charge in [0.2, 0.25) is 0 Å². The highest BCUT2D eigenvalue weighted by Gasteiger charge is 2.26. The van der Waals surface area contributed by atoms with E-state index in [1.807, 2.05) is 37.3 Å². The maximum absolute atomic E-state index is 13.5. The maximum atomic E-state index is 13.5. The SMILES string of the molecule is CCOc1ccc(Cl)cc1C(c1ccc(F)cc1)N1CCCNCC1. The lowest BCUT2D eigenvalue weighted by Gasteiger charge is -2.32. The molecule has 0 aromatic heterocycles. The average molecular weight is 363 g/mol. The molecule has 1 fully saturated rings. The van der Waals surface area contributed by atoms with Crippen LogP contribution in [0.1, 0.15) is 30.5 Å². The third kappa shape index (κ3) is 4.51. The number of ether oxygens (including phenoxy) is 1. The zero-order valence-electron chi connectivity index (χ0n) is 14.5. The van der Waals surface area contributed by atoms with Gasteiger partial charge in [0.1, 0.15) is 11.6 Å². The molecule has 0 saturated carbocycles. The van der Waals surface area contributed by atoms with Crippen molar-refractivity contribution in [2.45, 2.75) is 19.4 Å². The number of hydrogen-bond acceptors (Lipinski definition) is 3. The Balaban J connectivity index is 2.06. The normalized spacial score (nSPS) is 17.1. The Hall–Kier alpha value is -1.62. The predicted octanol–water partition coefficient (Wildman–Crippen LogP) is 4.26. The summed E-state index contributed by atoms with van der Waals surface area (Å²) in [5.74, 6) is 0.606. The molecule has 1 unspecified atom stereocenters. The van der Waals surface area contributed by atoms with E-state index in [0.717, 1.165) is 49.5 Å². The molecule has 1 aliphatic heterocycles. The molecule has 0 aliphatic carbocycles. The number of halogens is 2. The minimum Gasteiger partial charge on any atom is -0.494 e. The molecule has 2 aromatic carbocycles. The molecule has 0 amide bonds. The molecule has 1 atom stereocenters. The van der Waals surface area contributed by atoms with Gasteiger partial charge in [-0.1, -0.05) is 23.7 Å². The first-order valence-corrected chi connectivity index (χ1v) is 9.19. The van der Waals surface area contributed by atoms with Gasteiger partial charge in [0.15, 0.2) is 0 Å². The lowest BCUT2D eigenvalue weighted by atomic mass is 9.95. The first kappa shape index (κ1) is 18.2. The fraction of sp³-hybridized carbons (Fsp3) is 0.400. The summed E-state index contributed by atoms with van der Waals surface area (Å²) < 4.78 is 19.3. The van der Waals surface area contributed by atoms with E-state index in [1.54, 1.807) is 0 Å². The molecule has 0 bridgehead atoms. The topological polar surface area (TPSA) is 24.5 Å². The van der Waals surface area contributed by atoms with Gasteiger partial charge in [-0.25, -0.2) is 4.39 Å². The van der Waals surface area contributed by atoms with Crippen molar-refractivity contribution in [2.24, 2.45) is 0 Å². The second kappa shape index (κ2) is 8.65. The van der Waals surface area contributed by atoms with Crippen LogP contribution in [-0.4, -0.2) is 37.7 Å². The third-order valence-corrected chi connectivity index (χ3v) is 4.73. The van der Waals surface area contributed by atoms with Crippen molar-refractivity contribution in [1.29, 1.82) is 0 Å². The molecule has 0 spiro atoms. The van der Waals surface area contributed by atoms with Crippen molar-refractivity contribution in [1.82, 2.24) is 10.2 Å². The first-order valence-electron chi connectivity index (χ1n) is 8.81. The molecule has 25 heavy (non-hydrogen) atoms. The van der Waals surface area contributed by atoms with E-state index in [1.165, 1.54) is 12.1 Å². The van der Waals surface area contributed by atoms with E-state index in [-0.39, 0.29) is 11.9 Å². The quantitative estimate of drug-likeness (QED) is 0.860. The zero-order valence-corrected chi connectivity index (χ0v) is 15.2. The van der Waals surface area contributed by atoms with Crippen LogP contribution in [0.4, 0.5) is 4.39 Å². The van der Waals surface area contributed by atoms with Crippen LogP contribution in [0, 0.1) is 5.82 Å². The Bertz CT molecular complexity index is 685. The van der Waals surface area contributed by atoms with Crippen LogP contribution in [0.3, 0.4) is 0 Å². The van der Waals surface area contributed by atoms with Crippen molar-refractivity contribution in [3.8, 4) is 5.75 Å². The molecular weight excluding hydrogens is 339 g/mol. The number of benzene rings is 2. The van der Waals surface area contributed by atoms with Gasteiger partial charge in [-0.15, -0.1) is 0 Å². The highest BCUT2D eigenvalue weighted by atomic mass is 35.5. The fourth-order valence-corrected chi connectivity index (χ4v) is 3.56. The van der Waals surface area contributed by atoms with Gasteiger partial charge >= 0.3 is 0 Å². The molecule has 134 valence electrons. The van der Waals surface area contributed by atoms with Gasteiger partial charge in [0.05, 0.1) is 12.6 Å². The van der Waals surface area contributed by atoms with E-state index in [2.05, 4.69) is 10.2 Å². The van der Waals surface area contributed by atoms with Crippen molar-refractivity contribution >= 4 is 11.6 Å². The summed E-state index contributed by atoms with van der Waals surface area (Å²) in [6, 6.07) is 12.5. The molecule has 3 rings (SSSR count). The zero-order chi connectivity index (χ0) is 17.6. The smallest absolute Gasteiger partial charge is 0.124 e. The van der Waals surface area contributed by atoms with Crippen molar-refractivity contribution < 1.29 is 9.13 Å². The number of nitrogens with one attached hydrogen (secondary N) is 1. The van der Waals surface area contributed by atoms with Gasteiger partial charge in [0, 0.05) is 30.2 Å². The second-order valence-corrected chi connectivity index (χ2v) is 6.65. The lowest BCUT2D eigenvalue weighted by Crippen LogP contribution is -2.33. The van der Waals surface area contributed by atoms with E-state index in [9.17, 15) is 4.39 Å². The third-order valence-electron chi connectivity index (χ3n) is 4.49. The summed E-state index contributed by atoms with van der Waals surface area (Å²) in [7, 11) is 0. The minimum absolute atomic E-state index is 0.0132. The highest BCUT2D eigenvalue weighted by Crippen LogP contribution is 2.37. The molecule has 1 heterocycles. The molecular formula is C20H24ClFN2O. The van der Waals surface area contributed by atoms with E-state index >= 15 is 0 Å². The fourth-order valence-electron chi connectivity index (χ4n) is 3.38. The predicted molar refractivity (Wildman–Crippen MR) is 99.9 cm³/mol. The highest BCUT2D eigenvalue weighted by molar-refractivity contribution is 6.30. The Morgan fingerprint density at radius 2 is 1.96 bits per heavy atom. The molecule has 2 aromatic rings. The molecule has 1 saturated heterocycles. The number of nitrogens with zero attached hydrogens (tertiary/aromatic N) is 1. The molecule has 3 nitrogen and oxygen atoms in total. The van der Waals surface area contributed by atoms with Crippen LogP contribution < -0.4 is 10.1 Å². The van der Waals surface area contributed by atoms with Crippen LogP contribution in [0.2, 0.25) is 5.02 Å². The van der Waals surface area contributed by atoms with E-state index < -0.39 is 0 Å². The molecule has 1 N–H and O–H groups in total. The first-order chi connectivity index (χ1) is 12.2. The van der Waals surface area contributed by atoms with Gasteiger partial charge in [-0.05, 0) is 55.8 Å². The van der Waals surface area contributed by atoms with Gasteiger partial charge in [-0.3, -0.25) is 4.90 Å². The lowest BCUT2D eigenvalue weighted by molar-refractivity contribution is 0.233. The monoisotopic (exact) mass is 362 g/mol. The standard InChI is InChI=1S/C20H24ClFN2O/c1-2-25-19-9-6-16(21)14-18(19)20(15-4-7-17(22)8-5-15)24-12-3-10-23-11-13-24/h4-9,14,20,23H,2-3,10-13H2,1H3. The van der Waals surface area contributed by atoms with Gasteiger partial charge in [-0.2, -0.15) is 0 Å². The Morgan fingerprint density at radius 1 is 1.16 bits per heavy atom. The Morgan fingerprint density at radius 3 is 2.72 bits per heavy atom. The van der Waals surface area contributed by atoms with Crippen LogP contribution in [0.25, 0.3) is 0 Å². The number of rotatable bonds is 5. The van der Waals surface area contributed by atoms with Gasteiger partial charge in [0.25, 0.3) is 0 Å². The van der Waals surface area contributed by atoms with Gasteiger partial charge < -0.3 is 10.1 Å². The van der Waals surface area contributed by atoms with Crippen LogP contribution in [0.15, 0.2) is 42.5 Å². The Kier molecular flexibility index (Phi) is 6.29. The molecule has 0 radical (unpaired) electrons. The summed E-state index contributed by atoms with van der Waals surface area (Å²) >= 11 is 6.30. The van der Waals surface area contributed by atoms with Crippen molar-refractivity contribution in [3.63, 3.8) is 0 Å². The van der Waals surface area contributed by atoms with Crippen molar-refractivity contribution in [3.05, 3.63) is 64.4 Å². The average Bonchev–Trinajstić information content (AvgIpc) is 2.89. The Labute approximate surface area is 153 Å².